The molecule has 1 amide bonds. The van der Waals surface area contributed by atoms with Crippen LogP contribution in [0.2, 0.25) is 0 Å². The first-order chi connectivity index (χ1) is 7.28. The van der Waals surface area contributed by atoms with Crippen molar-refractivity contribution in [2.75, 3.05) is 5.32 Å². The van der Waals surface area contributed by atoms with Crippen molar-refractivity contribution in [3.05, 3.63) is 23.8 Å². The van der Waals surface area contributed by atoms with Gasteiger partial charge < -0.3 is 4.74 Å². The Morgan fingerprint density at radius 3 is 2.56 bits per heavy atom. The highest BCUT2D eigenvalue weighted by atomic mass is 19.1. The van der Waals surface area contributed by atoms with Gasteiger partial charge in [-0.3, -0.25) is 5.32 Å². The third-order valence-electron chi connectivity index (χ3n) is 1.69. The predicted molar refractivity (Wildman–Crippen MR) is 58.8 cm³/mol. The van der Waals surface area contributed by atoms with Gasteiger partial charge in [0.1, 0.15) is 5.60 Å². The molecule has 16 heavy (non-hydrogen) atoms. The van der Waals surface area contributed by atoms with E-state index in [0.29, 0.717) is 11.4 Å². The number of hydrogen-bond donors (Lipinski definition) is 1. The van der Waals surface area contributed by atoms with E-state index >= 15 is 0 Å². The number of amides is 1. The van der Waals surface area contributed by atoms with Crippen LogP contribution in [0, 0.1) is 12.9 Å². The molecule has 1 N–H and O–H groups in total. The second kappa shape index (κ2) is 4.47. The topological polar surface area (TPSA) is 51.2 Å². The van der Waals surface area contributed by atoms with Crippen molar-refractivity contribution in [3.8, 4) is 0 Å². The Kier molecular flexibility index (Phi) is 3.47. The van der Waals surface area contributed by atoms with Crippen molar-refractivity contribution in [3.63, 3.8) is 0 Å². The highest BCUT2D eigenvalue weighted by molar-refractivity contribution is 5.85. The number of rotatable bonds is 1. The zero-order valence-electron chi connectivity index (χ0n) is 9.80. The summed E-state index contributed by atoms with van der Waals surface area (Å²) in [5, 5.41) is 2.50. The van der Waals surface area contributed by atoms with Crippen LogP contribution >= 0.6 is 0 Å². The number of nitrogens with one attached hydrogen (secondary N) is 1. The van der Waals surface area contributed by atoms with Crippen molar-refractivity contribution in [1.82, 2.24) is 4.98 Å². The lowest BCUT2D eigenvalue weighted by Gasteiger charge is -2.19. The van der Waals surface area contributed by atoms with Crippen molar-refractivity contribution in [2.24, 2.45) is 0 Å². The number of carbonyl (C=O) groups excluding carboxylic acids is 1. The molecule has 4 nitrogen and oxygen atoms in total. The molecular weight excluding hydrogens is 211 g/mol. The van der Waals surface area contributed by atoms with Gasteiger partial charge in [0.15, 0.2) is 0 Å². The Morgan fingerprint density at radius 2 is 2.06 bits per heavy atom. The van der Waals surface area contributed by atoms with Gasteiger partial charge in [0, 0.05) is 0 Å². The first-order valence-electron chi connectivity index (χ1n) is 4.91. The summed E-state index contributed by atoms with van der Waals surface area (Å²) in [5.41, 5.74) is 0.285. The molecule has 0 aromatic carbocycles. The highest BCUT2D eigenvalue weighted by Crippen LogP contribution is 2.14. The first-order valence-corrected chi connectivity index (χ1v) is 4.91. The number of nitrogens with zero attached hydrogens (tertiary/aromatic N) is 1. The Labute approximate surface area is 93.8 Å². The molecule has 1 heterocycles. The summed E-state index contributed by atoms with van der Waals surface area (Å²) in [4.78, 5) is 15.0. The van der Waals surface area contributed by atoms with E-state index in [-0.39, 0.29) is 0 Å². The molecule has 0 radical (unpaired) electrons. The predicted octanol–water partition coefficient (Wildman–Crippen LogP) is 2.88. The SMILES string of the molecule is Cc1nc(F)ccc1NC(=O)OC(C)(C)C. The lowest BCUT2D eigenvalue weighted by atomic mass is 10.2. The Hall–Kier alpha value is -1.65. The third kappa shape index (κ3) is 3.84. The van der Waals surface area contributed by atoms with Crippen molar-refractivity contribution in [1.29, 1.82) is 0 Å². The quantitative estimate of drug-likeness (QED) is 0.749. The van der Waals surface area contributed by atoms with E-state index < -0.39 is 17.6 Å². The van der Waals surface area contributed by atoms with E-state index in [2.05, 4.69) is 10.3 Å². The molecule has 0 fully saturated rings. The van der Waals surface area contributed by atoms with Crippen LogP contribution in [0.4, 0.5) is 14.9 Å². The number of halogens is 1. The number of pyridine rings is 1. The molecule has 0 bridgehead atoms. The van der Waals surface area contributed by atoms with Gasteiger partial charge in [0.05, 0.1) is 11.4 Å². The Morgan fingerprint density at radius 1 is 1.44 bits per heavy atom. The monoisotopic (exact) mass is 226 g/mol. The second-order valence-electron chi connectivity index (χ2n) is 4.39. The molecule has 0 saturated carbocycles. The summed E-state index contributed by atoms with van der Waals surface area (Å²) in [5.74, 6) is -0.577. The van der Waals surface area contributed by atoms with Crippen LogP contribution in [0.15, 0.2) is 12.1 Å². The number of aromatic nitrogens is 1. The standard InChI is InChI=1S/C11H15FN2O2/c1-7-8(5-6-9(12)13-7)14-10(15)16-11(2,3)4/h5-6H,1-4H3,(H,14,15). The molecule has 88 valence electrons. The summed E-state index contributed by atoms with van der Waals surface area (Å²) in [7, 11) is 0. The molecule has 5 heteroatoms. The van der Waals surface area contributed by atoms with Crippen molar-refractivity contribution >= 4 is 11.8 Å². The normalized spacial score (nSPS) is 11.1. The Balaban J connectivity index is 2.70. The van der Waals surface area contributed by atoms with Gasteiger partial charge in [-0.05, 0) is 39.8 Å². The smallest absolute Gasteiger partial charge is 0.412 e. The third-order valence-corrected chi connectivity index (χ3v) is 1.69. The zero-order chi connectivity index (χ0) is 12.3. The van der Waals surface area contributed by atoms with E-state index in [1.165, 1.54) is 12.1 Å². The number of carbonyl (C=O) groups is 1. The van der Waals surface area contributed by atoms with Crippen LogP contribution < -0.4 is 5.32 Å². The zero-order valence-corrected chi connectivity index (χ0v) is 9.80. The highest BCUT2D eigenvalue weighted by Gasteiger charge is 2.16. The van der Waals surface area contributed by atoms with Gasteiger partial charge >= 0.3 is 6.09 Å². The number of hydrogen-bond acceptors (Lipinski definition) is 3. The number of ether oxygens (including phenoxy) is 1. The minimum atomic E-state index is -0.580. The summed E-state index contributed by atoms with van der Waals surface area (Å²) < 4.78 is 17.8. The average Bonchev–Trinajstić information content (AvgIpc) is 2.06. The van der Waals surface area contributed by atoms with Crippen molar-refractivity contribution in [2.45, 2.75) is 33.3 Å². The molecule has 1 aromatic heterocycles. The number of aryl methyl sites for hydroxylation is 1. The molecular formula is C11H15FN2O2. The molecule has 0 aliphatic heterocycles. The minimum absolute atomic E-state index is 0.408. The van der Waals surface area contributed by atoms with Crippen LogP contribution in [0.5, 0.6) is 0 Å². The second-order valence-corrected chi connectivity index (χ2v) is 4.39. The van der Waals surface area contributed by atoms with E-state index in [0.717, 1.165) is 0 Å². The van der Waals surface area contributed by atoms with Gasteiger partial charge in [-0.15, -0.1) is 0 Å². The maximum atomic E-state index is 12.7. The largest absolute Gasteiger partial charge is 0.444 e. The van der Waals surface area contributed by atoms with Gasteiger partial charge in [0.2, 0.25) is 5.95 Å². The lowest BCUT2D eigenvalue weighted by Crippen LogP contribution is -2.27. The maximum Gasteiger partial charge on any atom is 0.412 e. The van der Waals surface area contributed by atoms with E-state index in [9.17, 15) is 9.18 Å². The fourth-order valence-electron chi connectivity index (χ4n) is 1.08. The van der Waals surface area contributed by atoms with Crippen LogP contribution in [0.1, 0.15) is 26.5 Å². The molecule has 0 unspecified atom stereocenters. The van der Waals surface area contributed by atoms with E-state index in [1.807, 2.05) is 0 Å². The first kappa shape index (κ1) is 12.4. The molecule has 0 spiro atoms. The molecule has 0 aliphatic carbocycles. The maximum absolute atomic E-state index is 12.7. The number of anilines is 1. The Bertz CT molecular complexity index is 399. The average molecular weight is 226 g/mol. The molecule has 1 aromatic rings. The van der Waals surface area contributed by atoms with Gasteiger partial charge in [-0.2, -0.15) is 4.39 Å². The van der Waals surface area contributed by atoms with Gasteiger partial charge in [0.25, 0.3) is 0 Å². The molecule has 0 saturated heterocycles. The van der Waals surface area contributed by atoms with Gasteiger partial charge in [-0.25, -0.2) is 9.78 Å². The summed E-state index contributed by atoms with van der Waals surface area (Å²) in [6.45, 7) is 6.91. The van der Waals surface area contributed by atoms with Crippen LogP contribution in [0.3, 0.4) is 0 Å². The van der Waals surface area contributed by atoms with Gasteiger partial charge in [-0.1, -0.05) is 0 Å². The van der Waals surface area contributed by atoms with Crippen LogP contribution in [-0.2, 0) is 4.74 Å². The fraction of sp³-hybridized carbons (Fsp3) is 0.455. The van der Waals surface area contributed by atoms with E-state index in [4.69, 9.17) is 4.74 Å². The van der Waals surface area contributed by atoms with Crippen LogP contribution in [-0.4, -0.2) is 16.7 Å². The van der Waals surface area contributed by atoms with Crippen LogP contribution in [0.25, 0.3) is 0 Å². The lowest BCUT2D eigenvalue weighted by molar-refractivity contribution is 0.0635. The molecule has 1 rings (SSSR count). The summed E-state index contributed by atoms with van der Waals surface area (Å²) in [6, 6.07) is 2.63. The summed E-state index contributed by atoms with van der Waals surface area (Å²) in [6.07, 6.45) is -0.580. The minimum Gasteiger partial charge on any atom is -0.444 e. The molecule has 0 atom stereocenters. The molecule has 0 aliphatic rings. The van der Waals surface area contributed by atoms with E-state index in [1.54, 1.807) is 27.7 Å². The van der Waals surface area contributed by atoms with Crippen molar-refractivity contribution < 1.29 is 13.9 Å². The fourth-order valence-corrected chi connectivity index (χ4v) is 1.08. The summed E-state index contributed by atoms with van der Waals surface area (Å²) >= 11 is 0.